The van der Waals surface area contributed by atoms with Crippen molar-refractivity contribution in [3.63, 3.8) is 0 Å². The molecule has 0 bridgehead atoms. The first-order valence-electron chi connectivity index (χ1n) is 8.75. The summed E-state index contributed by atoms with van der Waals surface area (Å²) in [6.07, 6.45) is 2.32. The molecule has 0 saturated heterocycles. The lowest BCUT2D eigenvalue weighted by Crippen LogP contribution is -2.63. The van der Waals surface area contributed by atoms with E-state index in [2.05, 4.69) is 16.0 Å². The molecule has 0 aromatic heterocycles. The van der Waals surface area contributed by atoms with Crippen LogP contribution in [0, 0.1) is 5.82 Å². The zero-order chi connectivity index (χ0) is 22.3. The standard InChI is InChI=1S/C19H21FN4O6.ClH/c1-2-30-18(29)23-14-7-8-15(22-10-11-3-5-12(20)6-4-11)24-19(14,21)13(17(27)28)9-16(25)26;/h3-9,22,24H,2,10,21H2,1H3,(H,23,29)(H,25,26)(H,27,28);1H. The Hall–Kier alpha value is -3.57. The number of hydrogen-bond donors (Lipinski definition) is 6. The van der Waals surface area contributed by atoms with E-state index in [-0.39, 0.29) is 37.1 Å². The normalized spacial score (nSPS) is 17.8. The zero-order valence-electron chi connectivity index (χ0n) is 16.3. The summed E-state index contributed by atoms with van der Waals surface area (Å²) in [6.45, 7) is 1.86. The van der Waals surface area contributed by atoms with Gasteiger partial charge in [0.25, 0.3) is 0 Å². The second-order valence-electron chi connectivity index (χ2n) is 6.12. The molecule has 1 aliphatic rings. The van der Waals surface area contributed by atoms with Crippen LogP contribution in [-0.2, 0) is 20.9 Å². The molecule has 12 heteroatoms. The number of ether oxygens (including phenoxy) is 1. The SMILES string of the molecule is CCOC(=O)NC1=CC=C(NCc2ccc(F)cc2)NC1(N)C(=CC(=O)O)C(=O)O.Cl. The van der Waals surface area contributed by atoms with Crippen LogP contribution in [0.5, 0.6) is 0 Å². The number of hydrogen-bond acceptors (Lipinski definition) is 7. The molecule has 0 fully saturated rings. The monoisotopic (exact) mass is 456 g/mol. The summed E-state index contributed by atoms with van der Waals surface area (Å²) in [4.78, 5) is 34.7. The number of halogens is 2. The van der Waals surface area contributed by atoms with Crippen LogP contribution in [0.3, 0.4) is 0 Å². The molecule has 1 aromatic rings. The van der Waals surface area contributed by atoms with Crippen LogP contribution in [0.1, 0.15) is 12.5 Å². The van der Waals surface area contributed by atoms with E-state index in [4.69, 9.17) is 15.6 Å². The predicted octanol–water partition coefficient (Wildman–Crippen LogP) is 1.16. The fraction of sp³-hybridized carbons (Fsp3) is 0.211. The summed E-state index contributed by atoms with van der Waals surface area (Å²) in [5.74, 6) is -3.29. The molecule has 1 unspecified atom stereocenters. The molecule has 10 nitrogen and oxygen atoms in total. The number of carboxylic acids is 2. The number of aliphatic carboxylic acids is 2. The van der Waals surface area contributed by atoms with Gasteiger partial charge in [0.15, 0.2) is 5.66 Å². The van der Waals surface area contributed by atoms with Gasteiger partial charge in [-0.3, -0.25) is 11.1 Å². The molecule has 168 valence electrons. The number of carbonyl (C=O) groups excluding carboxylic acids is 1. The van der Waals surface area contributed by atoms with E-state index >= 15 is 0 Å². The lowest BCUT2D eigenvalue weighted by Gasteiger charge is -2.37. The van der Waals surface area contributed by atoms with Gasteiger partial charge in [-0.15, -0.1) is 12.4 Å². The van der Waals surface area contributed by atoms with Crippen LogP contribution in [0.4, 0.5) is 9.18 Å². The minimum Gasteiger partial charge on any atom is -0.478 e. The van der Waals surface area contributed by atoms with Crippen LogP contribution in [0.15, 0.2) is 59.6 Å². The Bertz CT molecular complexity index is 932. The number of nitrogens with one attached hydrogen (secondary N) is 3. The van der Waals surface area contributed by atoms with Gasteiger partial charge in [-0.2, -0.15) is 0 Å². The van der Waals surface area contributed by atoms with Crippen molar-refractivity contribution in [2.24, 2.45) is 5.73 Å². The van der Waals surface area contributed by atoms with Gasteiger partial charge >= 0.3 is 18.0 Å². The molecule has 0 radical (unpaired) electrons. The number of dihydropyridines is 1. The zero-order valence-corrected chi connectivity index (χ0v) is 17.2. The van der Waals surface area contributed by atoms with E-state index < -0.39 is 35.1 Å². The number of rotatable bonds is 8. The molecular weight excluding hydrogens is 435 g/mol. The number of benzene rings is 1. The Morgan fingerprint density at radius 2 is 1.87 bits per heavy atom. The number of carbonyl (C=O) groups is 3. The van der Waals surface area contributed by atoms with Gasteiger partial charge < -0.3 is 25.6 Å². The molecule has 31 heavy (non-hydrogen) atoms. The second-order valence-corrected chi connectivity index (χ2v) is 6.12. The molecular formula is C19H22ClFN4O6. The van der Waals surface area contributed by atoms with Crippen LogP contribution in [-0.4, -0.2) is 40.5 Å². The number of alkyl carbamates (subject to hydrolysis) is 1. The quantitative estimate of drug-likeness (QED) is 0.315. The fourth-order valence-electron chi connectivity index (χ4n) is 2.62. The average molecular weight is 457 g/mol. The van der Waals surface area contributed by atoms with Crippen LogP contribution in [0.2, 0.25) is 0 Å². The maximum atomic E-state index is 13.0. The van der Waals surface area contributed by atoms with Gasteiger partial charge in [-0.1, -0.05) is 12.1 Å². The maximum Gasteiger partial charge on any atom is 0.411 e. The lowest BCUT2D eigenvalue weighted by atomic mass is 9.93. The van der Waals surface area contributed by atoms with E-state index in [1.807, 2.05) is 0 Å². The predicted molar refractivity (Wildman–Crippen MR) is 110 cm³/mol. The Morgan fingerprint density at radius 1 is 1.23 bits per heavy atom. The Morgan fingerprint density at radius 3 is 2.42 bits per heavy atom. The maximum absolute atomic E-state index is 13.0. The van der Waals surface area contributed by atoms with Crippen LogP contribution >= 0.6 is 12.4 Å². The van der Waals surface area contributed by atoms with Gasteiger partial charge in [0, 0.05) is 12.6 Å². The number of amides is 1. The highest BCUT2D eigenvalue weighted by Gasteiger charge is 2.42. The Kier molecular flexibility index (Phi) is 9.03. The average Bonchev–Trinajstić information content (AvgIpc) is 2.67. The van der Waals surface area contributed by atoms with Crippen LogP contribution in [0.25, 0.3) is 0 Å². The summed E-state index contributed by atoms with van der Waals surface area (Å²) < 4.78 is 17.8. The second kappa shape index (κ2) is 11.0. The van der Waals surface area contributed by atoms with E-state index in [1.165, 1.54) is 24.3 Å². The van der Waals surface area contributed by atoms with Gasteiger partial charge in [0.1, 0.15) is 11.6 Å². The molecule has 7 N–H and O–H groups in total. The third-order valence-electron chi connectivity index (χ3n) is 4.00. The smallest absolute Gasteiger partial charge is 0.411 e. The number of carboxylic acid groups (broad SMARTS) is 2. The fourth-order valence-corrected chi connectivity index (χ4v) is 2.62. The van der Waals surface area contributed by atoms with Crippen molar-refractivity contribution in [3.8, 4) is 0 Å². The number of nitrogens with two attached hydrogens (primary N) is 1. The van der Waals surface area contributed by atoms with Crippen LogP contribution < -0.4 is 21.7 Å². The van der Waals surface area contributed by atoms with Gasteiger partial charge in [-0.25, -0.2) is 18.8 Å². The third-order valence-corrected chi connectivity index (χ3v) is 4.00. The van der Waals surface area contributed by atoms with E-state index in [9.17, 15) is 23.9 Å². The molecule has 1 heterocycles. The minimum absolute atomic E-state index is 0. The van der Waals surface area contributed by atoms with Crippen molar-refractivity contribution in [2.75, 3.05) is 6.61 Å². The molecule has 0 saturated carbocycles. The highest BCUT2D eigenvalue weighted by Crippen LogP contribution is 2.24. The molecule has 1 aliphatic heterocycles. The van der Waals surface area contributed by atoms with Crippen molar-refractivity contribution in [1.82, 2.24) is 16.0 Å². The highest BCUT2D eigenvalue weighted by molar-refractivity contribution is 5.97. The largest absolute Gasteiger partial charge is 0.478 e. The topological polar surface area (TPSA) is 163 Å². The first kappa shape index (κ1) is 25.5. The van der Waals surface area contributed by atoms with E-state index in [1.54, 1.807) is 19.1 Å². The van der Waals surface area contributed by atoms with Gasteiger partial charge in [0.2, 0.25) is 0 Å². The minimum atomic E-state index is -2.10. The van der Waals surface area contributed by atoms with Crippen molar-refractivity contribution in [1.29, 1.82) is 0 Å². The molecule has 0 aliphatic carbocycles. The summed E-state index contributed by atoms with van der Waals surface area (Å²) in [5.41, 5.74) is 3.99. The summed E-state index contributed by atoms with van der Waals surface area (Å²) in [6, 6.07) is 5.68. The third kappa shape index (κ3) is 6.73. The van der Waals surface area contributed by atoms with Gasteiger partial charge in [-0.05, 0) is 36.8 Å². The summed E-state index contributed by atoms with van der Waals surface area (Å²) in [5, 5.41) is 26.5. The van der Waals surface area contributed by atoms with E-state index in [0.717, 1.165) is 5.56 Å². The van der Waals surface area contributed by atoms with Gasteiger partial charge in [0.05, 0.1) is 17.9 Å². The summed E-state index contributed by atoms with van der Waals surface area (Å²) >= 11 is 0. The van der Waals surface area contributed by atoms with Crippen molar-refractivity contribution < 1.29 is 33.7 Å². The molecule has 1 aromatic carbocycles. The van der Waals surface area contributed by atoms with E-state index in [0.29, 0.717) is 6.08 Å². The Balaban J connectivity index is 0.00000480. The number of allylic oxidation sites excluding steroid dienone is 2. The van der Waals surface area contributed by atoms with Crippen molar-refractivity contribution >= 4 is 30.4 Å². The lowest BCUT2D eigenvalue weighted by molar-refractivity contribution is -0.135. The first-order chi connectivity index (χ1) is 14.2. The highest BCUT2D eigenvalue weighted by atomic mass is 35.5. The van der Waals surface area contributed by atoms with Crippen molar-refractivity contribution in [3.05, 3.63) is 71.0 Å². The molecule has 0 spiro atoms. The molecule has 1 atom stereocenters. The first-order valence-corrected chi connectivity index (χ1v) is 8.75. The molecule has 1 amide bonds. The molecule has 2 rings (SSSR count). The van der Waals surface area contributed by atoms with Crippen molar-refractivity contribution in [2.45, 2.75) is 19.1 Å². The Labute approximate surface area is 183 Å². The summed E-state index contributed by atoms with van der Waals surface area (Å²) in [7, 11) is 0.